The summed E-state index contributed by atoms with van der Waals surface area (Å²) in [5.74, 6) is -0.472. The van der Waals surface area contributed by atoms with Gasteiger partial charge in [0.1, 0.15) is 5.76 Å². The van der Waals surface area contributed by atoms with Crippen molar-refractivity contribution >= 4 is 17.6 Å². The summed E-state index contributed by atoms with van der Waals surface area (Å²) in [6, 6.07) is 10.1. The zero-order chi connectivity index (χ0) is 18.7. The molecule has 2 aromatic rings. The molecule has 2 N–H and O–H groups in total. The van der Waals surface area contributed by atoms with Crippen LogP contribution in [0.2, 0.25) is 0 Å². The van der Waals surface area contributed by atoms with Crippen molar-refractivity contribution in [3.8, 4) is 0 Å². The molecular formula is C20H24N2O4. The van der Waals surface area contributed by atoms with Crippen molar-refractivity contribution in [2.24, 2.45) is 0 Å². The fraction of sp³-hybridized carbons (Fsp3) is 0.400. The summed E-state index contributed by atoms with van der Waals surface area (Å²) in [5.41, 5.74) is 2.99. The van der Waals surface area contributed by atoms with Gasteiger partial charge in [-0.1, -0.05) is 18.2 Å². The molecule has 1 aliphatic heterocycles. The summed E-state index contributed by atoms with van der Waals surface area (Å²) >= 11 is 0. The van der Waals surface area contributed by atoms with E-state index < -0.39 is 5.97 Å². The Hall–Kier alpha value is -2.76. The first-order valence-electron chi connectivity index (χ1n) is 8.89. The fourth-order valence-corrected chi connectivity index (χ4v) is 3.40. The first-order chi connectivity index (χ1) is 12.5. The number of carboxylic acids is 1. The van der Waals surface area contributed by atoms with E-state index in [0.717, 1.165) is 6.42 Å². The largest absolute Gasteiger partial charge is 0.481 e. The van der Waals surface area contributed by atoms with Crippen LogP contribution in [-0.2, 0) is 17.8 Å². The minimum Gasteiger partial charge on any atom is -0.481 e. The van der Waals surface area contributed by atoms with Gasteiger partial charge in [-0.15, -0.1) is 0 Å². The summed E-state index contributed by atoms with van der Waals surface area (Å²) in [5, 5.41) is 11.6. The summed E-state index contributed by atoms with van der Waals surface area (Å²) in [6.07, 6.45) is 2.93. The van der Waals surface area contributed by atoms with Crippen LogP contribution in [0.5, 0.6) is 0 Å². The van der Waals surface area contributed by atoms with Crippen molar-refractivity contribution in [1.29, 1.82) is 0 Å². The smallest absolute Gasteiger partial charge is 0.303 e. The van der Waals surface area contributed by atoms with Crippen LogP contribution < -0.4 is 10.2 Å². The monoisotopic (exact) mass is 356 g/mol. The third-order valence-electron chi connectivity index (χ3n) is 4.82. The van der Waals surface area contributed by atoms with Gasteiger partial charge in [-0.05, 0) is 44.4 Å². The number of carbonyl (C=O) groups excluding carboxylic acids is 1. The van der Waals surface area contributed by atoms with Gasteiger partial charge in [-0.25, -0.2) is 0 Å². The Morgan fingerprint density at radius 1 is 1.35 bits per heavy atom. The van der Waals surface area contributed by atoms with Gasteiger partial charge in [0.15, 0.2) is 0 Å². The number of nitrogens with one attached hydrogen (secondary N) is 1. The molecule has 0 radical (unpaired) electrons. The second-order valence-corrected chi connectivity index (χ2v) is 6.87. The van der Waals surface area contributed by atoms with Crippen LogP contribution in [-0.4, -0.2) is 29.1 Å². The van der Waals surface area contributed by atoms with Crippen molar-refractivity contribution in [3.05, 3.63) is 53.5 Å². The number of hydrogen-bond donors (Lipinski definition) is 2. The number of fused-ring (bicyclic) bond motifs is 1. The van der Waals surface area contributed by atoms with E-state index in [1.165, 1.54) is 17.5 Å². The van der Waals surface area contributed by atoms with Crippen molar-refractivity contribution in [2.75, 3.05) is 4.90 Å². The molecule has 2 atom stereocenters. The Balaban J connectivity index is 1.69. The second-order valence-electron chi connectivity index (χ2n) is 6.87. The summed E-state index contributed by atoms with van der Waals surface area (Å²) < 4.78 is 5.59. The molecule has 0 saturated carbocycles. The molecule has 138 valence electrons. The molecule has 6 nitrogen and oxygen atoms in total. The molecule has 2 heterocycles. The first-order valence-corrected chi connectivity index (χ1v) is 8.89. The predicted octanol–water partition coefficient (Wildman–Crippen LogP) is 3.21. The van der Waals surface area contributed by atoms with Gasteiger partial charge in [0.2, 0.25) is 0 Å². The van der Waals surface area contributed by atoms with Crippen LogP contribution in [0.3, 0.4) is 0 Å². The number of carboxylic acid groups (broad SMARTS) is 1. The molecule has 1 aromatic carbocycles. The lowest BCUT2D eigenvalue weighted by Crippen LogP contribution is -2.34. The Kier molecular flexibility index (Phi) is 5.30. The number of anilines is 1. The molecule has 1 aromatic heterocycles. The zero-order valence-electron chi connectivity index (χ0n) is 15.1. The molecule has 0 saturated heterocycles. The zero-order valence-corrected chi connectivity index (χ0v) is 15.1. The van der Waals surface area contributed by atoms with Crippen LogP contribution >= 0.6 is 0 Å². The Morgan fingerprint density at radius 2 is 2.12 bits per heavy atom. The van der Waals surface area contributed by atoms with Crippen LogP contribution in [0.25, 0.3) is 0 Å². The number of para-hydroxylation sites is 1. The normalized spacial score (nSPS) is 17.0. The van der Waals surface area contributed by atoms with Crippen LogP contribution in [0.15, 0.2) is 41.0 Å². The molecule has 0 bridgehead atoms. The van der Waals surface area contributed by atoms with Gasteiger partial charge in [-0.2, -0.15) is 0 Å². The van der Waals surface area contributed by atoms with Gasteiger partial charge in [0, 0.05) is 24.2 Å². The van der Waals surface area contributed by atoms with E-state index in [2.05, 4.69) is 29.3 Å². The number of nitrogens with zero attached hydrogens (tertiary/aromatic N) is 1. The summed E-state index contributed by atoms with van der Waals surface area (Å²) in [7, 11) is 0. The highest BCUT2D eigenvalue weighted by molar-refractivity contribution is 5.95. The van der Waals surface area contributed by atoms with Crippen LogP contribution in [0, 0.1) is 0 Å². The van der Waals surface area contributed by atoms with Gasteiger partial charge in [0.05, 0.1) is 18.4 Å². The fourth-order valence-electron chi connectivity index (χ4n) is 3.40. The minimum absolute atomic E-state index is 0.0295. The molecule has 1 aliphatic rings. The van der Waals surface area contributed by atoms with Crippen molar-refractivity contribution < 1.29 is 19.1 Å². The third kappa shape index (κ3) is 3.90. The number of rotatable bonds is 7. The van der Waals surface area contributed by atoms with Crippen molar-refractivity contribution in [1.82, 2.24) is 5.32 Å². The highest BCUT2D eigenvalue weighted by atomic mass is 16.4. The number of furan rings is 1. The number of aliphatic carboxylic acids is 1. The molecule has 3 rings (SSSR count). The lowest BCUT2D eigenvalue weighted by atomic mass is 10.1. The maximum absolute atomic E-state index is 12.5. The van der Waals surface area contributed by atoms with Crippen LogP contribution in [0.4, 0.5) is 5.69 Å². The minimum atomic E-state index is -0.864. The van der Waals surface area contributed by atoms with Crippen molar-refractivity contribution in [3.63, 3.8) is 0 Å². The summed E-state index contributed by atoms with van der Waals surface area (Å²) in [4.78, 5) is 25.5. The first kappa shape index (κ1) is 18.0. The third-order valence-corrected chi connectivity index (χ3v) is 4.82. The van der Waals surface area contributed by atoms with E-state index in [1.54, 1.807) is 13.0 Å². The Labute approximate surface area is 152 Å². The molecule has 6 heteroatoms. The van der Waals surface area contributed by atoms with E-state index >= 15 is 0 Å². The predicted molar refractivity (Wildman–Crippen MR) is 98.3 cm³/mol. The number of hydrogen-bond acceptors (Lipinski definition) is 4. The summed E-state index contributed by atoms with van der Waals surface area (Å²) in [6.45, 7) is 4.49. The lowest BCUT2D eigenvalue weighted by Gasteiger charge is -2.24. The molecule has 0 fully saturated rings. The Morgan fingerprint density at radius 3 is 2.88 bits per heavy atom. The average molecular weight is 356 g/mol. The van der Waals surface area contributed by atoms with E-state index in [0.29, 0.717) is 30.3 Å². The molecule has 1 amide bonds. The topological polar surface area (TPSA) is 82.8 Å². The van der Waals surface area contributed by atoms with E-state index in [-0.39, 0.29) is 18.4 Å². The van der Waals surface area contributed by atoms with Gasteiger partial charge in [-0.3, -0.25) is 9.59 Å². The van der Waals surface area contributed by atoms with E-state index in [4.69, 9.17) is 9.52 Å². The highest BCUT2D eigenvalue weighted by Crippen LogP contribution is 2.33. The maximum Gasteiger partial charge on any atom is 0.303 e. The van der Waals surface area contributed by atoms with Gasteiger partial charge >= 0.3 is 5.97 Å². The Bertz CT molecular complexity index is 799. The molecular weight excluding hydrogens is 332 g/mol. The number of amides is 1. The molecule has 26 heavy (non-hydrogen) atoms. The van der Waals surface area contributed by atoms with E-state index in [9.17, 15) is 9.59 Å². The number of carbonyl (C=O) groups is 2. The van der Waals surface area contributed by atoms with Crippen LogP contribution in [0.1, 0.15) is 48.4 Å². The quantitative estimate of drug-likeness (QED) is 0.796. The number of benzene rings is 1. The second kappa shape index (κ2) is 7.64. The molecule has 0 aliphatic carbocycles. The van der Waals surface area contributed by atoms with Crippen molar-refractivity contribution in [2.45, 2.75) is 51.7 Å². The molecule has 0 spiro atoms. The lowest BCUT2D eigenvalue weighted by molar-refractivity contribution is -0.137. The maximum atomic E-state index is 12.5. The standard InChI is InChI=1S/C20H24N2O4/c1-13(7-8-19(23)24)21-20(25)16-9-10-26-18(16)12-22-14(2)11-15-5-3-4-6-17(15)22/h3-6,9-10,13-14H,7-8,11-12H2,1-2H3,(H,21,25)(H,23,24). The molecule has 2 unspecified atom stereocenters. The van der Waals surface area contributed by atoms with E-state index in [1.807, 2.05) is 12.1 Å². The SMILES string of the molecule is CC(CCC(=O)O)NC(=O)c1ccoc1CN1c2ccccc2CC1C. The van der Waals surface area contributed by atoms with Gasteiger partial charge < -0.3 is 19.7 Å². The highest BCUT2D eigenvalue weighted by Gasteiger charge is 2.28. The van der Waals surface area contributed by atoms with Gasteiger partial charge in [0.25, 0.3) is 5.91 Å². The average Bonchev–Trinajstić information content (AvgIpc) is 3.18.